The van der Waals surface area contributed by atoms with E-state index in [1.807, 2.05) is 0 Å². The Hall–Kier alpha value is -5.38. The molecule has 2 nitrogen and oxygen atoms in total. The maximum atomic E-state index is 3.72. The molecule has 0 atom stereocenters. The van der Waals surface area contributed by atoms with Crippen LogP contribution in [-0.2, 0) is 5.41 Å². The number of fused-ring (bicyclic) bond motifs is 3. The quantitative estimate of drug-likeness (QED) is 0.165. The number of hydrogen-bond donors (Lipinski definition) is 0. The highest BCUT2D eigenvalue weighted by atomic mass is 79.9. The van der Waals surface area contributed by atoms with Gasteiger partial charge in [0.2, 0.25) is 0 Å². The first-order chi connectivity index (χ1) is 23.5. The Morgan fingerprint density at radius 3 is 1.29 bits per heavy atom. The summed E-state index contributed by atoms with van der Waals surface area (Å²) in [5, 5.41) is 0. The lowest BCUT2D eigenvalue weighted by Gasteiger charge is -2.29. The van der Waals surface area contributed by atoms with Crippen LogP contribution in [-0.4, -0.2) is 0 Å². The summed E-state index contributed by atoms with van der Waals surface area (Å²) in [5.74, 6) is 0. The van der Waals surface area contributed by atoms with Crippen LogP contribution in [0.5, 0.6) is 0 Å². The van der Waals surface area contributed by atoms with Gasteiger partial charge in [0, 0.05) is 44.0 Å². The molecule has 3 heteroatoms. The van der Waals surface area contributed by atoms with Crippen molar-refractivity contribution in [2.45, 2.75) is 19.3 Å². The van der Waals surface area contributed by atoms with Gasteiger partial charge < -0.3 is 9.80 Å². The summed E-state index contributed by atoms with van der Waals surface area (Å²) in [6.07, 6.45) is 0. The zero-order valence-electron chi connectivity index (χ0n) is 27.0. The molecule has 0 fully saturated rings. The van der Waals surface area contributed by atoms with Gasteiger partial charge in [0.05, 0.1) is 0 Å². The van der Waals surface area contributed by atoms with E-state index in [-0.39, 0.29) is 5.41 Å². The van der Waals surface area contributed by atoms with Gasteiger partial charge in [-0.25, -0.2) is 0 Å². The summed E-state index contributed by atoms with van der Waals surface area (Å²) in [6, 6.07) is 63.2. The number of hydrogen-bond acceptors (Lipinski definition) is 2. The van der Waals surface area contributed by atoms with E-state index in [1.165, 1.54) is 33.4 Å². The molecule has 0 saturated heterocycles. The van der Waals surface area contributed by atoms with Gasteiger partial charge in [-0.1, -0.05) is 121 Å². The van der Waals surface area contributed by atoms with Crippen molar-refractivity contribution in [3.05, 3.63) is 192 Å². The minimum absolute atomic E-state index is 0.122. The molecule has 0 amide bonds. The van der Waals surface area contributed by atoms with E-state index in [0.29, 0.717) is 0 Å². The molecular weight excluding hydrogens is 648 g/mol. The number of halogens is 1. The van der Waals surface area contributed by atoms with E-state index in [1.54, 1.807) is 0 Å². The summed E-state index contributed by atoms with van der Waals surface area (Å²) in [5.41, 5.74) is 14.3. The maximum absolute atomic E-state index is 3.72. The summed E-state index contributed by atoms with van der Waals surface area (Å²) in [6.45, 7) is 4.67. The third kappa shape index (κ3) is 5.40. The van der Waals surface area contributed by atoms with Gasteiger partial charge in [-0.05, 0) is 118 Å². The fraction of sp³-hybridized carbons (Fsp3) is 0.0667. The molecule has 7 aromatic carbocycles. The highest BCUT2D eigenvalue weighted by molar-refractivity contribution is 9.10. The Labute approximate surface area is 291 Å². The molecule has 0 unspecified atom stereocenters. The first-order valence-electron chi connectivity index (χ1n) is 16.4. The molecule has 0 N–H and O–H groups in total. The van der Waals surface area contributed by atoms with Crippen molar-refractivity contribution in [3.63, 3.8) is 0 Å². The Bertz CT molecular complexity index is 2150. The second kappa shape index (κ2) is 12.3. The lowest BCUT2D eigenvalue weighted by molar-refractivity contribution is 0.660. The average Bonchev–Trinajstić information content (AvgIpc) is 3.35. The van der Waals surface area contributed by atoms with Crippen molar-refractivity contribution >= 4 is 50.1 Å². The van der Waals surface area contributed by atoms with Crippen LogP contribution < -0.4 is 9.80 Å². The zero-order chi connectivity index (χ0) is 32.7. The molecule has 48 heavy (non-hydrogen) atoms. The van der Waals surface area contributed by atoms with E-state index in [2.05, 4.69) is 216 Å². The van der Waals surface area contributed by atoms with Crippen LogP contribution in [0.25, 0.3) is 22.3 Å². The SMILES string of the molecule is CC1(C)c2cc(Br)ccc2-c2ccc(N(c3ccc(-c4ccccc4)cc3)c3ccc(N(c4ccccc4)c4ccccc4)cc3)cc21. The molecule has 7 aromatic rings. The molecule has 1 aliphatic rings. The standard InChI is InChI=1S/C45H35BrN2/c1-45(2)43-30-34(46)20-28-41(43)42-29-27-40(31-44(42)45)48(37-21-18-33(19-22-37)32-12-6-3-7-13-32)39-25-23-38(24-26-39)47(35-14-8-4-9-15-35)36-16-10-5-11-17-36/h3-31H,1-2H3. The number of benzene rings is 7. The van der Waals surface area contributed by atoms with Gasteiger partial charge in [-0.3, -0.25) is 0 Å². The molecular formula is C45H35BrN2. The molecule has 232 valence electrons. The third-order valence-electron chi connectivity index (χ3n) is 9.51. The lowest BCUT2D eigenvalue weighted by atomic mass is 9.82. The minimum Gasteiger partial charge on any atom is -0.311 e. The number of anilines is 6. The van der Waals surface area contributed by atoms with Crippen LogP contribution in [0.3, 0.4) is 0 Å². The van der Waals surface area contributed by atoms with Crippen molar-refractivity contribution in [3.8, 4) is 22.3 Å². The molecule has 0 radical (unpaired) electrons. The Morgan fingerprint density at radius 2 is 0.750 bits per heavy atom. The van der Waals surface area contributed by atoms with Gasteiger partial charge in [0.25, 0.3) is 0 Å². The fourth-order valence-electron chi connectivity index (χ4n) is 7.07. The normalized spacial score (nSPS) is 12.6. The molecule has 1 aliphatic carbocycles. The van der Waals surface area contributed by atoms with Crippen molar-refractivity contribution < 1.29 is 0 Å². The topological polar surface area (TPSA) is 6.48 Å². The lowest BCUT2D eigenvalue weighted by Crippen LogP contribution is -2.16. The Kier molecular flexibility index (Phi) is 7.70. The maximum Gasteiger partial charge on any atom is 0.0465 e. The van der Waals surface area contributed by atoms with Gasteiger partial charge in [0.1, 0.15) is 0 Å². The third-order valence-corrected chi connectivity index (χ3v) is 10.0. The van der Waals surface area contributed by atoms with E-state index in [9.17, 15) is 0 Å². The summed E-state index contributed by atoms with van der Waals surface area (Å²) in [7, 11) is 0. The smallest absolute Gasteiger partial charge is 0.0465 e. The van der Waals surface area contributed by atoms with Crippen molar-refractivity contribution in [1.82, 2.24) is 0 Å². The highest BCUT2D eigenvalue weighted by Crippen LogP contribution is 2.51. The van der Waals surface area contributed by atoms with E-state index in [4.69, 9.17) is 0 Å². The highest BCUT2D eigenvalue weighted by Gasteiger charge is 2.36. The van der Waals surface area contributed by atoms with Crippen LogP contribution in [0.15, 0.2) is 180 Å². The number of nitrogens with zero attached hydrogens (tertiary/aromatic N) is 2. The molecule has 8 rings (SSSR count). The Balaban J connectivity index is 1.24. The van der Waals surface area contributed by atoms with Crippen molar-refractivity contribution in [2.75, 3.05) is 9.80 Å². The van der Waals surface area contributed by atoms with Crippen molar-refractivity contribution in [2.24, 2.45) is 0 Å². The largest absolute Gasteiger partial charge is 0.311 e. The average molecular weight is 684 g/mol. The van der Waals surface area contributed by atoms with Gasteiger partial charge in [-0.15, -0.1) is 0 Å². The number of rotatable bonds is 7. The second-order valence-corrected chi connectivity index (χ2v) is 13.7. The monoisotopic (exact) mass is 682 g/mol. The molecule has 0 heterocycles. The predicted octanol–water partition coefficient (Wildman–Crippen LogP) is 13.4. The van der Waals surface area contributed by atoms with Crippen molar-refractivity contribution in [1.29, 1.82) is 0 Å². The van der Waals surface area contributed by atoms with Gasteiger partial charge >= 0.3 is 0 Å². The fourth-order valence-corrected chi connectivity index (χ4v) is 7.43. The Morgan fingerprint density at radius 1 is 0.375 bits per heavy atom. The molecule has 0 aromatic heterocycles. The summed E-state index contributed by atoms with van der Waals surface area (Å²) >= 11 is 3.72. The van der Waals surface area contributed by atoms with E-state index in [0.717, 1.165) is 38.6 Å². The second-order valence-electron chi connectivity index (χ2n) is 12.8. The van der Waals surface area contributed by atoms with E-state index < -0.39 is 0 Å². The number of para-hydroxylation sites is 2. The van der Waals surface area contributed by atoms with Crippen LogP contribution in [0, 0.1) is 0 Å². The molecule has 0 saturated carbocycles. The predicted molar refractivity (Wildman–Crippen MR) is 207 cm³/mol. The molecule has 0 bridgehead atoms. The van der Waals surface area contributed by atoms with Gasteiger partial charge in [0.15, 0.2) is 0 Å². The van der Waals surface area contributed by atoms with E-state index >= 15 is 0 Å². The van der Waals surface area contributed by atoms with Crippen LogP contribution in [0.4, 0.5) is 34.1 Å². The van der Waals surface area contributed by atoms with Crippen LogP contribution in [0.2, 0.25) is 0 Å². The molecule has 0 spiro atoms. The first kappa shape index (κ1) is 30.0. The minimum atomic E-state index is -0.122. The summed E-state index contributed by atoms with van der Waals surface area (Å²) < 4.78 is 1.11. The van der Waals surface area contributed by atoms with Gasteiger partial charge in [-0.2, -0.15) is 0 Å². The first-order valence-corrected chi connectivity index (χ1v) is 17.2. The summed E-state index contributed by atoms with van der Waals surface area (Å²) in [4.78, 5) is 4.68. The zero-order valence-corrected chi connectivity index (χ0v) is 28.6. The van der Waals surface area contributed by atoms with Crippen LogP contribution >= 0.6 is 15.9 Å². The molecule has 0 aliphatic heterocycles. The van der Waals surface area contributed by atoms with Crippen LogP contribution in [0.1, 0.15) is 25.0 Å².